The quantitative estimate of drug-likeness (QED) is 0.364. The molecule has 1 fully saturated rings. The first kappa shape index (κ1) is 26.3. The number of morpholine rings is 1. The van der Waals surface area contributed by atoms with Crippen molar-refractivity contribution in [2.24, 2.45) is 0 Å². The lowest BCUT2D eigenvalue weighted by atomic mass is 10.2. The lowest BCUT2D eigenvalue weighted by Gasteiger charge is -2.26. The van der Waals surface area contributed by atoms with Gasteiger partial charge in [-0.25, -0.2) is 0 Å². The Kier molecular flexibility index (Phi) is 10.3. The fourth-order valence-corrected chi connectivity index (χ4v) is 4.47. The number of hydrogen-bond acceptors (Lipinski definition) is 8. The highest BCUT2D eigenvalue weighted by Gasteiger charge is 2.32. The Balaban J connectivity index is 1.31. The molecule has 2 aromatic rings. The number of benzene rings is 1. The highest BCUT2D eigenvalue weighted by Crippen LogP contribution is 2.34. The molecular weight excluding hydrogens is 456 g/mol. The van der Waals surface area contributed by atoms with Gasteiger partial charge in [-0.2, -0.15) is 9.97 Å². The zero-order valence-electron chi connectivity index (χ0n) is 21.5. The van der Waals surface area contributed by atoms with Crippen molar-refractivity contribution in [3.63, 3.8) is 0 Å². The first-order chi connectivity index (χ1) is 17.7. The molecule has 36 heavy (non-hydrogen) atoms. The highest BCUT2D eigenvalue weighted by molar-refractivity contribution is 6.01. The van der Waals surface area contributed by atoms with Gasteiger partial charge in [0.25, 0.3) is 0 Å². The van der Waals surface area contributed by atoms with Crippen molar-refractivity contribution >= 4 is 17.5 Å². The summed E-state index contributed by atoms with van der Waals surface area (Å²) in [5.74, 6) is 1.44. The zero-order valence-corrected chi connectivity index (χ0v) is 21.5. The number of carbonyl (C=O) groups excluding carboxylic acids is 1. The molecule has 2 N–H and O–H groups in total. The second kappa shape index (κ2) is 14.1. The maximum Gasteiger partial charge on any atom is 0.320 e. The lowest BCUT2D eigenvalue weighted by molar-refractivity contribution is -0.117. The Labute approximate surface area is 214 Å². The topological polar surface area (TPSA) is 91.8 Å². The van der Waals surface area contributed by atoms with Gasteiger partial charge in [0.15, 0.2) is 0 Å². The molecule has 1 saturated heterocycles. The molecule has 0 saturated carbocycles. The fraction of sp³-hybridized carbons (Fsp3) is 0.593. The number of anilines is 2. The van der Waals surface area contributed by atoms with Crippen molar-refractivity contribution in [1.82, 2.24) is 20.2 Å². The summed E-state index contributed by atoms with van der Waals surface area (Å²) >= 11 is 0. The molecular formula is C27H40N6O3. The standard InChI is InChI=1S/C27H40N6O3/c1-2-3-17-36-27-30-25(29-21-22-9-5-4-6-10-22)23-20-24(34)33(26(23)31-27)14-8-12-28-11-7-13-32-15-18-35-19-16-32/h4-6,9-10,28H,2-3,7-8,11-21H2,1H3,(H,29,30,31). The first-order valence-electron chi connectivity index (χ1n) is 13.4. The molecule has 0 bridgehead atoms. The average Bonchev–Trinajstić information content (AvgIpc) is 3.23. The number of amides is 1. The van der Waals surface area contributed by atoms with Crippen LogP contribution in [0, 0.1) is 0 Å². The molecule has 0 unspecified atom stereocenters. The van der Waals surface area contributed by atoms with Crippen molar-refractivity contribution in [3.8, 4) is 6.01 Å². The Morgan fingerprint density at radius 2 is 1.81 bits per heavy atom. The third kappa shape index (κ3) is 7.62. The van der Waals surface area contributed by atoms with E-state index in [2.05, 4.69) is 44.6 Å². The summed E-state index contributed by atoms with van der Waals surface area (Å²) in [5.41, 5.74) is 2.01. The normalized spacial score (nSPS) is 15.8. The van der Waals surface area contributed by atoms with Crippen LogP contribution in [-0.2, 0) is 22.5 Å². The molecule has 2 aliphatic heterocycles. The smallest absolute Gasteiger partial charge is 0.320 e. The summed E-state index contributed by atoms with van der Waals surface area (Å²) in [6.07, 6.45) is 4.27. The Hall–Kier alpha value is -2.75. The zero-order chi connectivity index (χ0) is 25.0. The van der Waals surface area contributed by atoms with Crippen molar-refractivity contribution in [3.05, 3.63) is 41.5 Å². The SMILES string of the molecule is CCCCOc1nc(NCc2ccccc2)c2c(n1)N(CCCNCCCN1CCOCC1)C(=O)C2. The number of carbonyl (C=O) groups is 1. The van der Waals surface area contributed by atoms with Crippen LogP contribution in [0.5, 0.6) is 6.01 Å². The average molecular weight is 497 g/mol. The predicted octanol–water partition coefficient (Wildman–Crippen LogP) is 2.86. The van der Waals surface area contributed by atoms with Crippen LogP contribution in [0.15, 0.2) is 30.3 Å². The van der Waals surface area contributed by atoms with Gasteiger partial charge in [0, 0.05) is 31.7 Å². The van der Waals surface area contributed by atoms with Crippen molar-refractivity contribution in [2.75, 3.05) is 69.3 Å². The molecule has 9 nitrogen and oxygen atoms in total. The van der Waals surface area contributed by atoms with E-state index in [1.54, 1.807) is 4.90 Å². The molecule has 2 aliphatic rings. The van der Waals surface area contributed by atoms with Gasteiger partial charge in [0.05, 0.1) is 26.2 Å². The summed E-state index contributed by atoms with van der Waals surface area (Å²) in [7, 11) is 0. The molecule has 0 atom stereocenters. The van der Waals surface area contributed by atoms with Crippen LogP contribution in [0.2, 0.25) is 0 Å². The van der Waals surface area contributed by atoms with E-state index in [1.807, 2.05) is 18.2 Å². The summed E-state index contributed by atoms with van der Waals surface area (Å²) in [4.78, 5) is 26.4. The summed E-state index contributed by atoms with van der Waals surface area (Å²) in [6.45, 7) is 10.6. The van der Waals surface area contributed by atoms with Gasteiger partial charge in [-0.1, -0.05) is 43.7 Å². The summed E-state index contributed by atoms with van der Waals surface area (Å²) in [5, 5.41) is 6.93. The maximum atomic E-state index is 12.9. The fourth-order valence-electron chi connectivity index (χ4n) is 4.47. The van der Waals surface area contributed by atoms with Crippen molar-refractivity contribution in [2.45, 2.75) is 45.6 Å². The molecule has 1 aromatic heterocycles. The summed E-state index contributed by atoms with van der Waals surface area (Å²) < 4.78 is 11.2. The van der Waals surface area contributed by atoms with Crippen LogP contribution in [0.4, 0.5) is 11.6 Å². The van der Waals surface area contributed by atoms with E-state index >= 15 is 0 Å². The molecule has 3 heterocycles. The van der Waals surface area contributed by atoms with Crippen molar-refractivity contribution < 1.29 is 14.3 Å². The van der Waals surface area contributed by atoms with E-state index in [1.165, 1.54) is 0 Å². The Morgan fingerprint density at radius 3 is 2.58 bits per heavy atom. The number of nitrogens with zero attached hydrogens (tertiary/aromatic N) is 4. The van der Waals surface area contributed by atoms with Crippen LogP contribution in [0.25, 0.3) is 0 Å². The monoisotopic (exact) mass is 496 g/mol. The molecule has 9 heteroatoms. The van der Waals surface area contributed by atoms with E-state index in [4.69, 9.17) is 9.47 Å². The second-order valence-electron chi connectivity index (χ2n) is 9.33. The molecule has 4 rings (SSSR count). The maximum absolute atomic E-state index is 12.9. The third-order valence-electron chi connectivity index (χ3n) is 6.55. The van der Waals surface area contributed by atoms with Gasteiger partial charge >= 0.3 is 6.01 Å². The van der Waals surface area contributed by atoms with E-state index in [0.717, 1.165) is 82.7 Å². The third-order valence-corrected chi connectivity index (χ3v) is 6.55. The lowest BCUT2D eigenvalue weighted by Crippen LogP contribution is -2.37. The van der Waals surface area contributed by atoms with Crippen LogP contribution in [-0.4, -0.2) is 79.9 Å². The van der Waals surface area contributed by atoms with Crippen molar-refractivity contribution in [1.29, 1.82) is 0 Å². The molecule has 1 aromatic carbocycles. The predicted molar refractivity (Wildman–Crippen MR) is 142 cm³/mol. The minimum atomic E-state index is 0.0695. The van der Waals surface area contributed by atoms with Crippen LogP contribution in [0.3, 0.4) is 0 Å². The molecule has 1 amide bonds. The number of aromatic nitrogens is 2. The minimum absolute atomic E-state index is 0.0695. The van der Waals surface area contributed by atoms with Crippen LogP contribution in [0.1, 0.15) is 43.7 Å². The van der Waals surface area contributed by atoms with Gasteiger partial charge in [-0.15, -0.1) is 0 Å². The Bertz CT molecular complexity index is 952. The van der Waals surface area contributed by atoms with Crippen LogP contribution < -0.4 is 20.3 Å². The first-order valence-corrected chi connectivity index (χ1v) is 13.4. The van der Waals surface area contributed by atoms with Crippen LogP contribution >= 0.6 is 0 Å². The molecule has 0 aliphatic carbocycles. The second-order valence-corrected chi connectivity index (χ2v) is 9.33. The number of hydrogen-bond donors (Lipinski definition) is 2. The van der Waals surface area contributed by atoms with Gasteiger partial charge in [0.1, 0.15) is 11.6 Å². The van der Waals surface area contributed by atoms with E-state index < -0.39 is 0 Å². The molecule has 0 spiro atoms. The van der Waals surface area contributed by atoms with E-state index in [-0.39, 0.29) is 5.91 Å². The number of fused-ring (bicyclic) bond motifs is 1. The van der Waals surface area contributed by atoms with Gasteiger partial charge in [-0.05, 0) is 44.5 Å². The van der Waals surface area contributed by atoms with E-state index in [9.17, 15) is 4.79 Å². The summed E-state index contributed by atoms with van der Waals surface area (Å²) in [6, 6.07) is 10.5. The Morgan fingerprint density at radius 1 is 1.03 bits per heavy atom. The number of ether oxygens (including phenoxy) is 2. The van der Waals surface area contributed by atoms with Gasteiger partial charge < -0.3 is 20.1 Å². The molecule has 0 radical (unpaired) electrons. The number of unbranched alkanes of at least 4 members (excludes halogenated alkanes) is 1. The minimum Gasteiger partial charge on any atom is -0.463 e. The number of nitrogens with one attached hydrogen (secondary N) is 2. The number of rotatable bonds is 15. The van der Waals surface area contributed by atoms with Gasteiger partial charge in [0.2, 0.25) is 5.91 Å². The van der Waals surface area contributed by atoms with E-state index in [0.29, 0.717) is 43.8 Å². The van der Waals surface area contributed by atoms with Gasteiger partial charge in [-0.3, -0.25) is 14.6 Å². The largest absolute Gasteiger partial charge is 0.463 e. The molecule has 196 valence electrons. The highest BCUT2D eigenvalue weighted by atomic mass is 16.5.